The first-order chi connectivity index (χ1) is 16.8. The monoisotopic (exact) mass is 529 g/mol. The van der Waals surface area contributed by atoms with E-state index in [1.807, 2.05) is 0 Å². The van der Waals surface area contributed by atoms with Gasteiger partial charge in [0.1, 0.15) is 23.4 Å². The summed E-state index contributed by atoms with van der Waals surface area (Å²) in [5.41, 5.74) is 2.00. The summed E-state index contributed by atoms with van der Waals surface area (Å²) in [5, 5.41) is 21.4. The van der Waals surface area contributed by atoms with Crippen LogP contribution in [-0.4, -0.2) is 26.8 Å². The Morgan fingerprint density at radius 3 is 2.89 bits per heavy atom. The Morgan fingerprint density at radius 2 is 2.17 bits per heavy atom. The number of hydrogen-bond donors (Lipinski definition) is 2. The summed E-state index contributed by atoms with van der Waals surface area (Å²) in [6.07, 6.45) is 4.07. The second kappa shape index (κ2) is 11.0. The number of aromatic amines is 1. The number of ether oxygens (including phenoxy) is 1. The van der Waals surface area contributed by atoms with E-state index in [9.17, 15) is 10.1 Å². The molecule has 2 N–H and O–H groups in total. The molecular formula is C25H28ClN5O2S2. The molecule has 0 aliphatic heterocycles. The van der Waals surface area contributed by atoms with E-state index < -0.39 is 0 Å². The lowest BCUT2D eigenvalue weighted by atomic mass is 9.69. The molecule has 0 saturated carbocycles. The highest BCUT2D eigenvalue weighted by molar-refractivity contribution is 7.99. The average Bonchev–Trinajstić information content (AvgIpc) is 3.45. The van der Waals surface area contributed by atoms with Gasteiger partial charge in [-0.3, -0.25) is 9.89 Å². The number of anilines is 1. The van der Waals surface area contributed by atoms with Crippen LogP contribution in [0.1, 0.15) is 55.4 Å². The molecule has 10 heteroatoms. The SMILES string of the molecule is CCC(C)(C)[C@@H]1CCc2c(sc(NC(=O)CSc3n[nH]c(COc4ccc(Cl)cc4)n3)c2C#N)C1. The highest BCUT2D eigenvalue weighted by atomic mass is 35.5. The third-order valence-corrected chi connectivity index (χ3v) is 8.95. The molecule has 0 unspecified atom stereocenters. The number of halogens is 1. The van der Waals surface area contributed by atoms with Gasteiger partial charge in [-0.15, -0.1) is 16.4 Å². The van der Waals surface area contributed by atoms with E-state index in [0.717, 1.165) is 31.2 Å². The van der Waals surface area contributed by atoms with Gasteiger partial charge >= 0.3 is 0 Å². The Kier molecular flexibility index (Phi) is 8.05. The standard InChI is InChI=1S/C25H28ClN5O2S2/c1-4-25(2,3)15-5-10-18-19(12-27)23(35-20(18)11-15)29-22(32)14-34-24-28-21(30-31-24)13-33-17-8-6-16(26)7-9-17/h6-9,15H,4-5,10-11,13-14H2,1-3H3,(H,29,32)(H,28,30,31)/t15-/m1/s1. The van der Waals surface area contributed by atoms with E-state index in [-0.39, 0.29) is 23.7 Å². The number of amides is 1. The number of carbonyl (C=O) groups is 1. The fourth-order valence-electron chi connectivity index (χ4n) is 4.13. The summed E-state index contributed by atoms with van der Waals surface area (Å²) >= 11 is 8.66. The van der Waals surface area contributed by atoms with Gasteiger partial charge in [0.2, 0.25) is 11.1 Å². The molecule has 0 saturated heterocycles. The molecule has 7 nitrogen and oxygen atoms in total. The zero-order chi connectivity index (χ0) is 25.0. The number of thioether (sulfide) groups is 1. The Hall–Kier alpha value is -2.54. The van der Waals surface area contributed by atoms with Crippen molar-refractivity contribution in [1.82, 2.24) is 15.2 Å². The minimum Gasteiger partial charge on any atom is -0.486 e. The van der Waals surface area contributed by atoms with Crippen molar-refractivity contribution in [2.75, 3.05) is 11.1 Å². The minimum absolute atomic E-state index is 0.147. The molecule has 0 bridgehead atoms. The van der Waals surface area contributed by atoms with Crippen molar-refractivity contribution in [3.8, 4) is 11.8 Å². The molecule has 0 spiro atoms. The summed E-state index contributed by atoms with van der Waals surface area (Å²) in [6, 6.07) is 9.39. The number of H-pyrrole nitrogens is 1. The summed E-state index contributed by atoms with van der Waals surface area (Å²) < 4.78 is 5.66. The maximum Gasteiger partial charge on any atom is 0.235 e. The largest absolute Gasteiger partial charge is 0.486 e. The Bertz CT molecular complexity index is 1230. The van der Waals surface area contributed by atoms with E-state index in [4.69, 9.17) is 16.3 Å². The first-order valence-corrected chi connectivity index (χ1v) is 13.7. The van der Waals surface area contributed by atoms with Crippen LogP contribution in [0, 0.1) is 22.7 Å². The van der Waals surface area contributed by atoms with Crippen LogP contribution in [0.3, 0.4) is 0 Å². The molecule has 0 fully saturated rings. The normalized spacial score (nSPS) is 15.3. The molecule has 184 valence electrons. The summed E-state index contributed by atoms with van der Waals surface area (Å²) in [6.45, 7) is 7.10. The molecule has 4 rings (SSSR count). The zero-order valence-corrected chi connectivity index (χ0v) is 22.4. The van der Waals surface area contributed by atoms with Crippen molar-refractivity contribution in [3.05, 3.63) is 51.1 Å². The lowest BCUT2D eigenvalue weighted by Crippen LogP contribution is -2.28. The molecule has 3 aromatic rings. The molecule has 35 heavy (non-hydrogen) atoms. The predicted octanol–water partition coefficient (Wildman–Crippen LogP) is 6.24. The van der Waals surface area contributed by atoms with Crippen LogP contribution in [0.15, 0.2) is 29.4 Å². The van der Waals surface area contributed by atoms with Gasteiger partial charge in [0.05, 0.1) is 11.3 Å². The number of nitrogens with one attached hydrogen (secondary N) is 2. The number of rotatable bonds is 9. The van der Waals surface area contributed by atoms with Gasteiger partial charge in [-0.25, -0.2) is 4.98 Å². The number of aromatic nitrogens is 3. The summed E-state index contributed by atoms with van der Waals surface area (Å²) in [5.74, 6) is 1.79. The second-order valence-electron chi connectivity index (χ2n) is 9.25. The minimum atomic E-state index is -0.181. The molecule has 1 aliphatic rings. The molecule has 1 amide bonds. The van der Waals surface area contributed by atoms with Crippen LogP contribution in [0.5, 0.6) is 5.75 Å². The Labute approximate surface area is 218 Å². The molecule has 2 heterocycles. The number of thiophene rings is 1. The van der Waals surface area contributed by atoms with Crippen molar-refractivity contribution in [1.29, 1.82) is 5.26 Å². The molecule has 2 aromatic heterocycles. The van der Waals surface area contributed by atoms with E-state index in [1.54, 1.807) is 35.6 Å². The summed E-state index contributed by atoms with van der Waals surface area (Å²) in [4.78, 5) is 18.2. The van der Waals surface area contributed by atoms with Crippen molar-refractivity contribution in [2.45, 2.75) is 58.2 Å². The van der Waals surface area contributed by atoms with Gasteiger partial charge in [0.15, 0.2) is 5.82 Å². The van der Waals surface area contributed by atoms with Crippen molar-refractivity contribution >= 4 is 45.6 Å². The molecule has 0 radical (unpaired) electrons. The van der Waals surface area contributed by atoms with Gasteiger partial charge in [-0.2, -0.15) is 5.26 Å². The van der Waals surface area contributed by atoms with E-state index in [1.165, 1.54) is 16.6 Å². The topological polar surface area (TPSA) is 104 Å². The number of carbonyl (C=O) groups excluding carboxylic acids is 1. The van der Waals surface area contributed by atoms with Crippen LogP contribution in [0.2, 0.25) is 5.02 Å². The number of nitriles is 1. The third kappa shape index (κ3) is 6.18. The van der Waals surface area contributed by atoms with Gasteiger partial charge in [0.25, 0.3) is 0 Å². The van der Waals surface area contributed by atoms with E-state index in [0.29, 0.717) is 38.2 Å². The molecule has 1 atom stereocenters. The average molecular weight is 530 g/mol. The predicted molar refractivity (Wildman–Crippen MR) is 140 cm³/mol. The van der Waals surface area contributed by atoms with Crippen LogP contribution in [0.4, 0.5) is 5.00 Å². The smallest absolute Gasteiger partial charge is 0.235 e. The van der Waals surface area contributed by atoms with Gasteiger partial charge in [-0.1, -0.05) is 50.6 Å². The second-order valence-corrected chi connectivity index (χ2v) is 11.7. The van der Waals surface area contributed by atoms with Crippen LogP contribution >= 0.6 is 34.7 Å². The number of benzene rings is 1. The molecular weight excluding hydrogens is 502 g/mol. The lowest BCUT2D eigenvalue weighted by Gasteiger charge is -2.36. The van der Waals surface area contributed by atoms with Crippen molar-refractivity contribution in [2.24, 2.45) is 11.3 Å². The highest BCUT2D eigenvalue weighted by Gasteiger charge is 2.34. The number of nitrogens with zero attached hydrogens (tertiary/aromatic N) is 3. The molecule has 1 aliphatic carbocycles. The zero-order valence-electron chi connectivity index (χ0n) is 20.0. The van der Waals surface area contributed by atoms with E-state index >= 15 is 0 Å². The number of hydrogen-bond acceptors (Lipinski definition) is 7. The van der Waals surface area contributed by atoms with Crippen LogP contribution in [-0.2, 0) is 24.2 Å². The van der Waals surface area contributed by atoms with Crippen LogP contribution in [0.25, 0.3) is 0 Å². The van der Waals surface area contributed by atoms with Crippen LogP contribution < -0.4 is 10.1 Å². The fraction of sp³-hybridized carbons (Fsp3) is 0.440. The maximum absolute atomic E-state index is 12.6. The maximum atomic E-state index is 12.6. The van der Waals surface area contributed by atoms with E-state index in [2.05, 4.69) is 47.3 Å². The lowest BCUT2D eigenvalue weighted by molar-refractivity contribution is -0.113. The Balaban J connectivity index is 1.32. The highest BCUT2D eigenvalue weighted by Crippen LogP contribution is 2.45. The molecule has 1 aromatic carbocycles. The fourth-order valence-corrected chi connectivity index (χ4v) is 6.17. The Morgan fingerprint density at radius 1 is 1.40 bits per heavy atom. The first kappa shape index (κ1) is 25.5. The van der Waals surface area contributed by atoms with Gasteiger partial charge in [0, 0.05) is 9.90 Å². The third-order valence-electron chi connectivity index (χ3n) is 6.68. The first-order valence-electron chi connectivity index (χ1n) is 11.6. The summed E-state index contributed by atoms with van der Waals surface area (Å²) in [7, 11) is 0. The van der Waals surface area contributed by atoms with Crippen molar-refractivity contribution in [3.63, 3.8) is 0 Å². The van der Waals surface area contributed by atoms with Crippen molar-refractivity contribution < 1.29 is 9.53 Å². The number of fused-ring (bicyclic) bond motifs is 1. The van der Waals surface area contributed by atoms with Gasteiger partial charge < -0.3 is 10.1 Å². The van der Waals surface area contributed by atoms with Gasteiger partial charge in [-0.05, 0) is 60.4 Å². The quantitative estimate of drug-likeness (QED) is 0.318.